The van der Waals surface area contributed by atoms with E-state index in [0.717, 1.165) is 10.9 Å². The molecule has 3 rings (SSSR count). The van der Waals surface area contributed by atoms with E-state index >= 15 is 0 Å². The predicted octanol–water partition coefficient (Wildman–Crippen LogP) is 3.46. The van der Waals surface area contributed by atoms with Gasteiger partial charge in [-0.1, -0.05) is 48.5 Å². The lowest BCUT2D eigenvalue weighted by molar-refractivity contribution is 0.0914. The number of aromatic nitrogens is 1. The van der Waals surface area contributed by atoms with Gasteiger partial charge >= 0.3 is 0 Å². The van der Waals surface area contributed by atoms with E-state index < -0.39 is 0 Å². The van der Waals surface area contributed by atoms with Gasteiger partial charge in [0, 0.05) is 30.6 Å². The minimum atomic E-state index is -0.0677. The third-order valence-electron chi connectivity index (χ3n) is 3.96. The highest BCUT2D eigenvalue weighted by atomic mass is 16.5. The molecule has 0 fully saturated rings. The van der Waals surface area contributed by atoms with Crippen molar-refractivity contribution in [2.24, 2.45) is 0 Å². The number of benzene rings is 2. The summed E-state index contributed by atoms with van der Waals surface area (Å²) in [6.07, 6.45) is 0. The average molecular weight is 322 g/mol. The molecular formula is C20H22N2O2. The lowest BCUT2D eigenvalue weighted by Crippen LogP contribution is -2.29. The molecular weight excluding hydrogens is 300 g/mol. The Balaban J connectivity index is 1.88. The summed E-state index contributed by atoms with van der Waals surface area (Å²) >= 11 is 0. The molecule has 1 heterocycles. The van der Waals surface area contributed by atoms with E-state index in [1.165, 1.54) is 5.56 Å². The molecule has 1 N–H and O–H groups in total. The molecule has 0 radical (unpaired) electrons. The van der Waals surface area contributed by atoms with Gasteiger partial charge in [-0.15, -0.1) is 0 Å². The minimum Gasteiger partial charge on any atom is -0.380 e. The van der Waals surface area contributed by atoms with Crippen LogP contribution in [-0.2, 0) is 11.3 Å². The molecule has 1 aromatic heterocycles. The van der Waals surface area contributed by atoms with Crippen molar-refractivity contribution in [1.82, 2.24) is 9.88 Å². The van der Waals surface area contributed by atoms with Crippen LogP contribution >= 0.6 is 0 Å². The molecule has 1 amide bonds. The summed E-state index contributed by atoms with van der Waals surface area (Å²) in [4.78, 5) is 12.6. The first kappa shape index (κ1) is 16.3. The minimum absolute atomic E-state index is 0.0677. The Morgan fingerprint density at radius 3 is 2.62 bits per heavy atom. The monoisotopic (exact) mass is 322 g/mol. The van der Waals surface area contributed by atoms with Crippen LogP contribution in [0.3, 0.4) is 0 Å². The van der Waals surface area contributed by atoms with E-state index in [-0.39, 0.29) is 5.91 Å². The van der Waals surface area contributed by atoms with Crippen LogP contribution in [-0.4, -0.2) is 30.2 Å². The van der Waals surface area contributed by atoms with E-state index in [1.807, 2.05) is 49.4 Å². The van der Waals surface area contributed by atoms with E-state index in [2.05, 4.69) is 28.1 Å². The third-order valence-corrected chi connectivity index (χ3v) is 3.96. The summed E-state index contributed by atoms with van der Waals surface area (Å²) in [7, 11) is 0. The second kappa shape index (κ2) is 7.79. The second-order valence-corrected chi connectivity index (χ2v) is 5.61. The molecule has 0 aliphatic carbocycles. The molecule has 24 heavy (non-hydrogen) atoms. The SMILES string of the molecule is CCOCCNC(=O)c1cc2ccccc2n1Cc1ccccc1. The molecule has 0 unspecified atom stereocenters. The highest BCUT2D eigenvalue weighted by molar-refractivity contribution is 5.98. The second-order valence-electron chi connectivity index (χ2n) is 5.61. The molecule has 0 aliphatic rings. The number of hydrogen-bond donors (Lipinski definition) is 1. The molecule has 3 aromatic rings. The highest BCUT2D eigenvalue weighted by Gasteiger charge is 2.15. The number of hydrogen-bond acceptors (Lipinski definition) is 2. The van der Waals surface area contributed by atoms with Gasteiger partial charge in [-0.25, -0.2) is 0 Å². The largest absolute Gasteiger partial charge is 0.380 e. The predicted molar refractivity (Wildman–Crippen MR) is 96.3 cm³/mol. The van der Waals surface area contributed by atoms with Crippen LogP contribution in [0.4, 0.5) is 0 Å². The molecule has 0 saturated heterocycles. The first-order valence-corrected chi connectivity index (χ1v) is 8.27. The van der Waals surface area contributed by atoms with E-state index in [1.54, 1.807) is 0 Å². The van der Waals surface area contributed by atoms with Gasteiger partial charge < -0.3 is 14.6 Å². The summed E-state index contributed by atoms with van der Waals surface area (Å²) in [5.74, 6) is -0.0677. The Labute approximate surface area is 142 Å². The number of amides is 1. The van der Waals surface area contributed by atoms with Crippen LogP contribution in [0.15, 0.2) is 60.7 Å². The maximum atomic E-state index is 12.6. The maximum absolute atomic E-state index is 12.6. The number of para-hydroxylation sites is 1. The van der Waals surface area contributed by atoms with Gasteiger partial charge in [-0.3, -0.25) is 4.79 Å². The van der Waals surface area contributed by atoms with Gasteiger partial charge in [0.25, 0.3) is 5.91 Å². The molecule has 2 aromatic carbocycles. The molecule has 0 spiro atoms. The lowest BCUT2D eigenvalue weighted by Gasteiger charge is -2.11. The highest BCUT2D eigenvalue weighted by Crippen LogP contribution is 2.21. The van der Waals surface area contributed by atoms with Crippen LogP contribution in [0.1, 0.15) is 23.0 Å². The van der Waals surface area contributed by atoms with Crippen molar-refractivity contribution in [3.8, 4) is 0 Å². The van der Waals surface area contributed by atoms with E-state index in [9.17, 15) is 4.79 Å². The van der Waals surface area contributed by atoms with Crippen molar-refractivity contribution >= 4 is 16.8 Å². The number of carbonyl (C=O) groups excluding carboxylic acids is 1. The van der Waals surface area contributed by atoms with Crippen molar-refractivity contribution in [2.45, 2.75) is 13.5 Å². The van der Waals surface area contributed by atoms with Gasteiger partial charge in [0.15, 0.2) is 0 Å². The van der Waals surface area contributed by atoms with Crippen LogP contribution in [0.5, 0.6) is 0 Å². The molecule has 0 aliphatic heterocycles. The molecule has 0 bridgehead atoms. The first-order valence-electron chi connectivity index (χ1n) is 8.27. The molecule has 0 atom stereocenters. The standard InChI is InChI=1S/C20H22N2O2/c1-2-24-13-12-21-20(23)19-14-17-10-6-7-11-18(17)22(19)15-16-8-4-3-5-9-16/h3-11,14H,2,12-13,15H2,1H3,(H,21,23). The summed E-state index contributed by atoms with van der Waals surface area (Å²) in [5, 5.41) is 4.01. The van der Waals surface area contributed by atoms with E-state index in [4.69, 9.17) is 4.74 Å². The number of carbonyl (C=O) groups is 1. The zero-order valence-corrected chi connectivity index (χ0v) is 13.9. The fraction of sp³-hybridized carbons (Fsp3) is 0.250. The van der Waals surface area contributed by atoms with Crippen molar-refractivity contribution in [3.63, 3.8) is 0 Å². The number of nitrogens with zero attached hydrogens (tertiary/aromatic N) is 1. The van der Waals surface area contributed by atoms with Gasteiger partial charge in [0.05, 0.1) is 6.61 Å². The Morgan fingerprint density at radius 1 is 1.08 bits per heavy atom. The Morgan fingerprint density at radius 2 is 1.83 bits per heavy atom. The molecule has 4 heteroatoms. The van der Waals surface area contributed by atoms with Gasteiger partial charge in [0.2, 0.25) is 0 Å². The summed E-state index contributed by atoms with van der Waals surface area (Å²) in [6.45, 7) is 4.31. The summed E-state index contributed by atoms with van der Waals surface area (Å²) < 4.78 is 7.35. The van der Waals surface area contributed by atoms with Gasteiger partial charge in [-0.2, -0.15) is 0 Å². The Hall–Kier alpha value is -2.59. The number of ether oxygens (including phenoxy) is 1. The quantitative estimate of drug-likeness (QED) is 0.677. The van der Waals surface area contributed by atoms with Crippen LogP contribution in [0, 0.1) is 0 Å². The fourth-order valence-electron chi connectivity index (χ4n) is 2.81. The first-order chi connectivity index (χ1) is 11.8. The fourth-order valence-corrected chi connectivity index (χ4v) is 2.81. The van der Waals surface area contributed by atoms with Crippen molar-refractivity contribution < 1.29 is 9.53 Å². The van der Waals surface area contributed by atoms with Crippen molar-refractivity contribution in [2.75, 3.05) is 19.8 Å². The van der Waals surface area contributed by atoms with Crippen LogP contribution in [0.25, 0.3) is 10.9 Å². The third kappa shape index (κ3) is 3.66. The normalized spacial score (nSPS) is 10.9. The summed E-state index contributed by atoms with van der Waals surface area (Å²) in [5.41, 5.74) is 2.91. The van der Waals surface area contributed by atoms with Crippen LogP contribution < -0.4 is 5.32 Å². The zero-order valence-electron chi connectivity index (χ0n) is 13.9. The zero-order chi connectivity index (χ0) is 16.8. The topological polar surface area (TPSA) is 43.3 Å². The van der Waals surface area contributed by atoms with E-state index in [0.29, 0.717) is 32.0 Å². The summed E-state index contributed by atoms with van der Waals surface area (Å²) in [6, 6.07) is 20.2. The maximum Gasteiger partial charge on any atom is 0.268 e. The average Bonchev–Trinajstić information content (AvgIpc) is 2.98. The Kier molecular flexibility index (Phi) is 5.29. The van der Waals surface area contributed by atoms with Gasteiger partial charge in [0.1, 0.15) is 5.69 Å². The molecule has 0 saturated carbocycles. The Bertz CT molecular complexity index is 809. The van der Waals surface area contributed by atoms with Crippen molar-refractivity contribution in [1.29, 1.82) is 0 Å². The van der Waals surface area contributed by atoms with Gasteiger partial charge in [-0.05, 0) is 24.6 Å². The van der Waals surface area contributed by atoms with Crippen molar-refractivity contribution in [3.05, 3.63) is 71.9 Å². The molecule has 124 valence electrons. The number of nitrogens with one attached hydrogen (secondary N) is 1. The number of fused-ring (bicyclic) bond motifs is 1. The molecule has 4 nitrogen and oxygen atoms in total. The van der Waals surface area contributed by atoms with Crippen LogP contribution in [0.2, 0.25) is 0 Å². The smallest absolute Gasteiger partial charge is 0.268 e. The lowest BCUT2D eigenvalue weighted by atomic mass is 10.2. The number of rotatable bonds is 7.